The molecule has 0 radical (unpaired) electrons. The van der Waals surface area contributed by atoms with E-state index in [0.29, 0.717) is 18.9 Å². The maximum atomic E-state index is 13.0. The molecular formula is C23H28FN3O2. The second kappa shape index (κ2) is 8.93. The molecule has 2 aliphatic rings. The number of likely N-dealkylation sites (tertiary alicyclic amines) is 1. The molecular weight excluding hydrogens is 369 g/mol. The Bertz CT molecular complexity index is 848. The highest BCUT2D eigenvalue weighted by atomic mass is 19.1. The van der Waals surface area contributed by atoms with Gasteiger partial charge in [0.15, 0.2) is 0 Å². The van der Waals surface area contributed by atoms with Crippen molar-refractivity contribution in [1.29, 1.82) is 0 Å². The van der Waals surface area contributed by atoms with Gasteiger partial charge in [0.05, 0.1) is 6.10 Å². The minimum Gasteiger partial charge on any atom is -0.388 e. The number of hydrogen-bond donors (Lipinski definition) is 3. The molecule has 2 aromatic carbocycles. The van der Waals surface area contributed by atoms with E-state index in [2.05, 4.69) is 15.5 Å². The molecule has 2 amide bonds. The Labute approximate surface area is 170 Å². The number of nitrogens with one attached hydrogen (secondary N) is 2. The number of amides is 2. The van der Waals surface area contributed by atoms with Crippen LogP contribution in [0.2, 0.25) is 0 Å². The third-order valence-corrected chi connectivity index (χ3v) is 6.07. The molecule has 3 N–H and O–H groups in total. The summed E-state index contributed by atoms with van der Waals surface area (Å²) in [6.07, 6.45) is 3.47. The number of anilines is 1. The van der Waals surface area contributed by atoms with Gasteiger partial charge in [-0.2, -0.15) is 0 Å². The number of carbonyl (C=O) groups is 1. The van der Waals surface area contributed by atoms with Crippen molar-refractivity contribution < 1.29 is 14.3 Å². The molecule has 0 spiro atoms. The zero-order chi connectivity index (χ0) is 20.2. The van der Waals surface area contributed by atoms with E-state index in [-0.39, 0.29) is 11.8 Å². The first-order valence-electron chi connectivity index (χ1n) is 10.4. The Balaban J connectivity index is 1.23. The molecule has 6 heteroatoms. The van der Waals surface area contributed by atoms with E-state index in [1.165, 1.54) is 17.7 Å². The van der Waals surface area contributed by atoms with Gasteiger partial charge in [-0.1, -0.05) is 18.2 Å². The van der Waals surface area contributed by atoms with Gasteiger partial charge in [-0.3, -0.25) is 0 Å². The third-order valence-electron chi connectivity index (χ3n) is 6.07. The normalized spacial score (nSPS) is 18.6. The summed E-state index contributed by atoms with van der Waals surface area (Å²) in [5.74, 6) is 0.465. The van der Waals surface area contributed by atoms with Crippen LogP contribution in [0.1, 0.15) is 42.1 Å². The van der Waals surface area contributed by atoms with Crippen LogP contribution >= 0.6 is 0 Å². The zero-order valence-corrected chi connectivity index (χ0v) is 16.5. The molecule has 0 bridgehead atoms. The number of hydrogen-bond acceptors (Lipinski definition) is 3. The van der Waals surface area contributed by atoms with Crippen molar-refractivity contribution in [3.8, 4) is 0 Å². The SMILES string of the molecule is O=C1NCc2cc(C(O)CCN3CCC(Cc4ccc(F)cc4)CC3)ccc2N1. The highest BCUT2D eigenvalue weighted by Gasteiger charge is 2.21. The summed E-state index contributed by atoms with van der Waals surface area (Å²) in [5.41, 5.74) is 3.92. The minimum atomic E-state index is -0.505. The Morgan fingerprint density at radius 1 is 1.14 bits per heavy atom. The molecule has 1 saturated heterocycles. The molecule has 1 unspecified atom stereocenters. The van der Waals surface area contributed by atoms with Gasteiger partial charge in [0.1, 0.15) is 5.82 Å². The van der Waals surface area contributed by atoms with Crippen LogP contribution in [0.15, 0.2) is 42.5 Å². The maximum Gasteiger partial charge on any atom is 0.319 e. The number of aliphatic hydroxyl groups excluding tert-OH is 1. The molecule has 154 valence electrons. The number of fused-ring (bicyclic) bond motifs is 1. The summed E-state index contributed by atoms with van der Waals surface area (Å²) in [7, 11) is 0. The topological polar surface area (TPSA) is 64.6 Å². The van der Waals surface area contributed by atoms with E-state index in [9.17, 15) is 14.3 Å². The van der Waals surface area contributed by atoms with Crippen molar-refractivity contribution in [3.05, 3.63) is 65.0 Å². The number of rotatable bonds is 6. The van der Waals surface area contributed by atoms with Crippen molar-refractivity contribution in [1.82, 2.24) is 10.2 Å². The molecule has 5 nitrogen and oxygen atoms in total. The van der Waals surface area contributed by atoms with Crippen LogP contribution in [-0.4, -0.2) is 35.7 Å². The van der Waals surface area contributed by atoms with Crippen LogP contribution < -0.4 is 10.6 Å². The van der Waals surface area contributed by atoms with Gasteiger partial charge >= 0.3 is 6.03 Å². The van der Waals surface area contributed by atoms with Gasteiger partial charge in [-0.15, -0.1) is 0 Å². The first-order chi connectivity index (χ1) is 14.1. The molecule has 0 saturated carbocycles. The molecule has 0 aromatic heterocycles. The van der Waals surface area contributed by atoms with E-state index in [0.717, 1.165) is 55.7 Å². The third kappa shape index (κ3) is 5.14. The molecule has 1 atom stereocenters. The maximum absolute atomic E-state index is 13.0. The Hall–Kier alpha value is -2.44. The van der Waals surface area contributed by atoms with Crippen LogP contribution in [0.3, 0.4) is 0 Å². The first kappa shape index (κ1) is 19.9. The van der Waals surface area contributed by atoms with Crippen molar-refractivity contribution in [2.45, 2.75) is 38.3 Å². The molecule has 4 rings (SSSR count). The fraction of sp³-hybridized carbons (Fsp3) is 0.435. The summed E-state index contributed by atoms with van der Waals surface area (Å²) in [4.78, 5) is 13.8. The van der Waals surface area contributed by atoms with Crippen LogP contribution in [0.4, 0.5) is 14.9 Å². The molecule has 29 heavy (non-hydrogen) atoms. The number of benzene rings is 2. The lowest BCUT2D eigenvalue weighted by Gasteiger charge is -2.32. The van der Waals surface area contributed by atoms with Crippen molar-refractivity contribution in [2.24, 2.45) is 5.92 Å². The summed E-state index contributed by atoms with van der Waals surface area (Å²) >= 11 is 0. The Morgan fingerprint density at radius 2 is 1.90 bits per heavy atom. The smallest absolute Gasteiger partial charge is 0.319 e. The van der Waals surface area contributed by atoms with E-state index >= 15 is 0 Å². The van der Waals surface area contributed by atoms with Crippen LogP contribution in [-0.2, 0) is 13.0 Å². The van der Waals surface area contributed by atoms with Gasteiger partial charge < -0.3 is 20.6 Å². The fourth-order valence-electron chi connectivity index (χ4n) is 4.27. The van der Waals surface area contributed by atoms with Crippen LogP contribution in [0, 0.1) is 11.7 Å². The lowest BCUT2D eigenvalue weighted by molar-refractivity contribution is 0.123. The lowest BCUT2D eigenvalue weighted by Crippen LogP contribution is -2.35. The Kier molecular flexibility index (Phi) is 6.11. The van der Waals surface area contributed by atoms with Gasteiger partial charge in [-0.25, -0.2) is 9.18 Å². The van der Waals surface area contributed by atoms with Crippen LogP contribution in [0.25, 0.3) is 0 Å². The van der Waals surface area contributed by atoms with Crippen molar-refractivity contribution >= 4 is 11.7 Å². The summed E-state index contributed by atoms with van der Waals surface area (Å²) in [6, 6.07) is 12.4. The number of nitrogens with zero attached hydrogens (tertiary/aromatic N) is 1. The minimum absolute atomic E-state index is 0.179. The quantitative estimate of drug-likeness (QED) is 0.694. The van der Waals surface area contributed by atoms with E-state index in [1.807, 2.05) is 30.3 Å². The average molecular weight is 397 g/mol. The van der Waals surface area contributed by atoms with Gasteiger partial charge in [0.2, 0.25) is 0 Å². The van der Waals surface area contributed by atoms with Gasteiger partial charge in [0.25, 0.3) is 0 Å². The fourth-order valence-corrected chi connectivity index (χ4v) is 4.27. The van der Waals surface area contributed by atoms with Crippen molar-refractivity contribution in [3.63, 3.8) is 0 Å². The highest BCUT2D eigenvalue weighted by molar-refractivity contribution is 5.92. The molecule has 2 heterocycles. The molecule has 2 aliphatic heterocycles. The van der Waals surface area contributed by atoms with Crippen LogP contribution in [0.5, 0.6) is 0 Å². The number of carbonyl (C=O) groups excluding carboxylic acids is 1. The molecule has 1 fully saturated rings. The predicted octanol–water partition coefficient (Wildman–Crippen LogP) is 3.84. The lowest BCUT2D eigenvalue weighted by atomic mass is 9.90. The summed E-state index contributed by atoms with van der Waals surface area (Å²) in [5, 5.41) is 16.1. The zero-order valence-electron chi connectivity index (χ0n) is 16.5. The van der Waals surface area contributed by atoms with Gasteiger partial charge in [0, 0.05) is 18.8 Å². The Morgan fingerprint density at radius 3 is 2.66 bits per heavy atom. The van der Waals surface area contributed by atoms with E-state index in [4.69, 9.17) is 0 Å². The molecule has 0 aliphatic carbocycles. The second-order valence-electron chi connectivity index (χ2n) is 8.14. The van der Waals surface area contributed by atoms with E-state index < -0.39 is 6.10 Å². The summed E-state index contributed by atoms with van der Waals surface area (Å²) in [6.45, 7) is 3.44. The number of piperidine rings is 1. The summed E-state index contributed by atoms with van der Waals surface area (Å²) < 4.78 is 13.0. The average Bonchev–Trinajstić information content (AvgIpc) is 2.74. The number of urea groups is 1. The van der Waals surface area contributed by atoms with E-state index in [1.54, 1.807) is 0 Å². The van der Waals surface area contributed by atoms with Crippen molar-refractivity contribution in [2.75, 3.05) is 25.0 Å². The standard InChI is InChI=1S/C23H28FN3O2/c24-20-4-1-16(2-5-20)13-17-7-10-27(11-8-17)12-9-22(28)18-3-6-21-19(14-18)15-25-23(29)26-21/h1-6,14,17,22,28H,7-13,15H2,(H2,25,26,29). The highest BCUT2D eigenvalue weighted by Crippen LogP contribution is 2.27. The first-order valence-corrected chi connectivity index (χ1v) is 10.4. The second-order valence-corrected chi connectivity index (χ2v) is 8.14. The largest absolute Gasteiger partial charge is 0.388 e. The monoisotopic (exact) mass is 397 g/mol. The number of aliphatic hydroxyl groups is 1. The van der Waals surface area contributed by atoms with Gasteiger partial charge in [-0.05, 0) is 85.6 Å². The predicted molar refractivity (Wildman–Crippen MR) is 111 cm³/mol. The molecule has 2 aromatic rings. The number of halogens is 1.